The number of halogens is 2. The average molecular weight is 280 g/mol. The largest absolute Gasteiger partial charge is 0.323 e. The SMILES string of the molecule is Cc1cncc(NC(=O)[C@@H](N)C(C)C)c1.Cl.Cl. The molecule has 0 radical (unpaired) electrons. The number of aryl methyl sites for hydroxylation is 1. The Bertz CT molecular complexity index is 358. The van der Waals surface area contributed by atoms with Crippen LogP contribution in [0.25, 0.3) is 0 Å². The van der Waals surface area contributed by atoms with Gasteiger partial charge < -0.3 is 11.1 Å². The number of hydrogen-bond donors (Lipinski definition) is 2. The van der Waals surface area contributed by atoms with Crippen molar-refractivity contribution >= 4 is 36.4 Å². The third-order valence-electron chi connectivity index (χ3n) is 2.16. The molecule has 1 amide bonds. The van der Waals surface area contributed by atoms with Gasteiger partial charge in [-0.3, -0.25) is 9.78 Å². The molecule has 6 heteroatoms. The first-order valence-corrected chi connectivity index (χ1v) is 4.99. The molecule has 1 aromatic rings. The maximum Gasteiger partial charge on any atom is 0.241 e. The highest BCUT2D eigenvalue weighted by Gasteiger charge is 2.16. The predicted octanol–water partition coefficient (Wildman–Crippen LogP) is 2.16. The summed E-state index contributed by atoms with van der Waals surface area (Å²) in [6.07, 6.45) is 3.34. The van der Waals surface area contributed by atoms with Gasteiger partial charge in [-0.05, 0) is 24.5 Å². The molecule has 0 fully saturated rings. The lowest BCUT2D eigenvalue weighted by molar-refractivity contribution is -0.118. The van der Waals surface area contributed by atoms with Crippen molar-refractivity contribution in [3.63, 3.8) is 0 Å². The number of carbonyl (C=O) groups is 1. The first kappa shape index (κ1) is 18.5. The number of amides is 1. The maximum absolute atomic E-state index is 11.6. The topological polar surface area (TPSA) is 68.0 Å². The summed E-state index contributed by atoms with van der Waals surface area (Å²) in [6.45, 7) is 5.75. The average Bonchev–Trinajstić information content (AvgIpc) is 2.16. The highest BCUT2D eigenvalue weighted by Crippen LogP contribution is 2.08. The van der Waals surface area contributed by atoms with Crippen LogP contribution in [0.5, 0.6) is 0 Å². The van der Waals surface area contributed by atoms with E-state index in [0.717, 1.165) is 5.56 Å². The van der Waals surface area contributed by atoms with Crippen molar-refractivity contribution in [2.24, 2.45) is 11.7 Å². The van der Waals surface area contributed by atoms with Crippen molar-refractivity contribution in [3.8, 4) is 0 Å². The molecule has 0 bridgehead atoms. The van der Waals surface area contributed by atoms with E-state index in [1.54, 1.807) is 12.4 Å². The number of hydrogen-bond acceptors (Lipinski definition) is 3. The summed E-state index contributed by atoms with van der Waals surface area (Å²) in [5.74, 6) is -0.0415. The number of nitrogens with one attached hydrogen (secondary N) is 1. The van der Waals surface area contributed by atoms with Crippen LogP contribution in [0.3, 0.4) is 0 Å². The molecule has 17 heavy (non-hydrogen) atoms. The fourth-order valence-corrected chi connectivity index (χ4v) is 1.15. The van der Waals surface area contributed by atoms with Crippen LogP contribution in [0, 0.1) is 12.8 Å². The van der Waals surface area contributed by atoms with Crippen LogP contribution in [0.1, 0.15) is 19.4 Å². The van der Waals surface area contributed by atoms with Crippen LogP contribution in [-0.4, -0.2) is 16.9 Å². The third-order valence-corrected chi connectivity index (χ3v) is 2.16. The number of nitrogens with two attached hydrogens (primary N) is 1. The second-order valence-electron chi connectivity index (χ2n) is 4.01. The molecule has 0 aliphatic heterocycles. The number of rotatable bonds is 3. The molecule has 98 valence electrons. The lowest BCUT2D eigenvalue weighted by Gasteiger charge is -2.15. The Morgan fingerprint density at radius 1 is 1.35 bits per heavy atom. The molecule has 0 aromatic carbocycles. The van der Waals surface area contributed by atoms with Crippen molar-refractivity contribution < 1.29 is 4.79 Å². The van der Waals surface area contributed by atoms with E-state index in [9.17, 15) is 4.79 Å². The smallest absolute Gasteiger partial charge is 0.241 e. The Kier molecular flexibility index (Phi) is 9.02. The fourth-order valence-electron chi connectivity index (χ4n) is 1.15. The van der Waals surface area contributed by atoms with E-state index in [1.807, 2.05) is 26.8 Å². The van der Waals surface area contributed by atoms with Crippen LogP contribution in [-0.2, 0) is 4.79 Å². The number of aromatic nitrogens is 1. The summed E-state index contributed by atoms with van der Waals surface area (Å²) in [6, 6.07) is 1.38. The zero-order valence-electron chi connectivity index (χ0n) is 10.1. The van der Waals surface area contributed by atoms with Gasteiger partial charge in [-0.2, -0.15) is 0 Å². The summed E-state index contributed by atoms with van der Waals surface area (Å²) < 4.78 is 0. The first-order chi connectivity index (χ1) is 7.00. The van der Waals surface area contributed by atoms with Crippen LogP contribution in [0.15, 0.2) is 18.5 Å². The van der Waals surface area contributed by atoms with Gasteiger partial charge >= 0.3 is 0 Å². The monoisotopic (exact) mass is 279 g/mol. The summed E-state index contributed by atoms with van der Waals surface area (Å²) in [7, 11) is 0. The summed E-state index contributed by atoms with van der Waals surface area (Å²) >= 11 is 0. The number of carbonyl (C=O) groups excluding carboxylic acids is 1. The summed E-state index contributed by atoms with van der Waals surface area (Å²) in [5, 5.41) is 2.74. The molecule has 3 N–H and O–H groups in total. The zero-order valence-corrected chi connectivity index (χ0v) is 11.8. The van der Waals surface area contributed by atoms with E-state index < -0.39 is 6.04 Å². The molecule has 4 nitrogen and oxygen atoms in total. The maximum atomic E-state index is 11.6. The van der Waals surface area contributed by atoms with Gasteiger partial charge in [0.05, 0.1) is 17.9 Å². The molecule has 0 aliphatic carbocycles. The molecule has 0 aliphatic rings. The standard InChI is InChI=1S/C11H17N3O.2ClH/c1-7(2)10(12)11(15)14-9-4-8(3)5-13-6-9;;/h4-7,10H,12H2,1-3H3,(H,14,15);2*1H/t10-;;/m0../s1. The van der Waals surface area contributed by atoms with Gasteiger partial charge in [0.1, 0.15) is 0 Å². The third kappa shape index (κ3) is 5.86. The van der Waals surface area contributed by atoms with E-state index in [-0.39, 0.29) is 36.6 Å². The molecule has 1 atom stereocenters. The van der Waals surface area contributed by atoms with Gasteiger partial charge in [0, 0.05) is 6.20 Å². The fraction of sp³-hybridized carbons (Fsp3) is 0.455. The molecule has 1 heterocycles. The molecule has 0 saturated carbocycles. The van der Waals surface area contributed by atoms with Crippen LogP contribution in [0.4, 0.5) is 5.69 Å². The molecule has 0 unspecified atom stereocenters. The number of nitrogens with zero attached hydrogens (tertiary/aromatic N) is 1. The number of pyridine rings is 1. The molecule has 0 saturated heterocycles. The lowest BCUT2D eigenvalue weighted by atomic mass is 10.1. The van der Waals surface area contributed by atoms with Crippen LogP contribution < -0.4 is 11.1 Å². The Balaban J connectivity index is 0. The minimum atomic E-state index is -0.481. The lowest BCUT2D eigenvalue weighted by Crippen LogP contribution is -2.39. The van der Waals surface area contributed by atoms with Gasteiger partial charge in [-0.25, -0.2) is 0 Å². The van der Waals surface area contributed by atoms with Crippen molar-refractivity contribution in [3.05, 3.63) is 24.0 Å². The van der Waals surface area contributed by atoms with Gasteiger partial charge in [-0.15, -0.1) is 24.8 Å². The second kappa shape index (κ2) is 8.28. The summed E-state index contributed by atoms with van der Waals surface area (Å²) in [4.78, 5) is 15.6. The van der Waals surface area contributed by atoms with Gasteiger partial charge in [-0.1, -0.05) is 13.8 Å². The normalized spacial score (nSPS) is 11.1. The quantitative estimate of drug-likeness (QED) is 0.891. The van der Waals surface area contributed by atoms with Crippen LogP contribution >= 0.6 is 24.8 Å². The minimum Gasteiger partial charge on any atom is -0.323 e. The molecule has 1 rings (SSSR count). The summed E-state index contributed by atoms with van der Waals surface area (Å²) in [5.41, 5.74) is 7.41. The van der Waals surface area contributed by atoms with Gasteiger partial charge in [0.25, 0.3) is 0 Å². The van der Waals surface area contributed by atoms with Gasteiger partial charge in [0.15, 0.2) is 0 Å². The second-order valence-corrected chi connectivity index (χ2v) is 4.01. The van der Waals surface area contributed by atoms with Crippen molar-refractivity contribution in [2.45, 2.75) is 26.8 Å². The molecule has 0 spiro atoms. The molecule has 1 aromatic heterocycles. The van der Waals surface area contributed by atoms with E-state index >= 15 is 0 Å². The number of anilines is 1. The zero-order chi connectivity index (χ0) is 11.4. The highest BCUT2D eigenvalue weighted by atomic mass is 35.5. The Hall–Kier alpha value is -0.840. The van der Waals surface area contributed by atoms with E-state index in [2.05, 4.69) is 10.3 Å². The predicted molar refractivity (Wildman–Crippen MR) is 74.9 cm³/mol. The van der Waals surface area contributed by atoms with E-state index in [4.69, 9.17) is 5.73 Å². The highest BCUT2D eigenvalue weighted by molar-refractivity contribution is 5.94. The van der Waals surface area contributed by atoms with Crippen molar-refractivity contribution in [1.29, 1.82) is 0 Å². The van der Waals surface area contributed by atoms with Crippen molar-refractivity contribution in [1.82, 2.24) is 4.98 Å². The van der Waals surface area contributed by atoms with Gasteiger partial charge in [0.2, 0.25) is 5.91 Å². The molecular weight excluding hydrogens is 261 g/mol. The Labute approximate surface area is 114 Å². The Morgan fingerprint density at radius 2 is 1.94 bits per heavy atom. The molecular formula is C11H19Cl2N3O. The Morgan fingerprint density at radius 3 is 2.41 bits per heavy atom. The van der Waals surface area contributed by atoms with E-state index in [1.165, 1.54) is 0 Å². The first-order valence-electron chi connectivity index (χ1n) is 4.99. The van der Waals surface area contributed by atoms with Crippen LogP contribution in [0.2, 0.25) is 0 Å². The van der Waals surface area contributed by atoms with E-state index in [0.29, 0.717) is 5.69 Å². The minimum absolute atomic E-state index is 0. The van der Waals surface area contributed by atoms with Crippen molar-refractivity contribution in [2.75, 3.05) is 5.32 Å².